The molecule has 0 radical (unpaired) electrons. The van der Waals surface area contributed by atoms with Crippen LogP contribution in [-0.2, 0) is 9.59 Å². The molecule has 21 heavy (non-hydrogen) atoms. The lowest BCUT2D eigenvalue weighted by atomic mass is 10.3. The summed E-state index contributed by atoms with van der Waals surface area (Å²) in [6.07, 6.45) is -0.758. The maximum Gasteiger partial charge on any atom is 0.313 e. The van der Waals surface area contributed by atoms with Crippen LogP contribution in [-0.4, -0.2) is 55.1 Å². The van der Waals surface area contributed by atoms with Gasteiger partial charge in [-0.15, -0.1) is 0 Å². The van der Waals surface area contributed by atoms with Gasteiger partial charge in [0.2, 0.25) is 0 Å². The summed E-state index contributed by atoms with van der Waals surface area (Å²) in [4.78, 5) is 25.1. The van der Waals surface area contributed by atoms with Crippen molar-refractivity contribution in [2.75, 3.05) is 32.5 Å². The summed E-state index contributed by atoms with van der Waals surface area (Å²) in [5.41, 5.74) is 0.248. The van der Waals surface area contributed by atoms with E-state index in [1.807, 2.05) is 0 Å². The van der Waals surface area contributed by atoms with E-state index >= 15 is 0 Å². The lowest BCUT2D eigenvalue weighted by molar-refractivity contribution is -0.136. The average molecular weight is 334 g/mol. The van der Waals surface area contributed by atoms with E-state index in [9.17, 15) is 14.7 Å². The van der Waals surface area contributed by atoms with Gasteiger partial charge in [-0.05, 0) is 26.2 Å². The van der Waals surface area contributed by atoms with E-state index < -0.39 is 17.9 Å². The Balaban J connectivity index is 2.52. The molecule has 1 aromatic carbocycles. The zero-order valence-corrected chi connectivity index (χ0v) is 13.2. The first kappa shape index (κ1) is 17.7. The number of halogens is 2. The summed E-state index contributed by atoms with van der Waals surface area (Å²) in [5, 5.41) is 14.7. The molecule has 0 aliphatic rings. The normalized spacial score (nSPS) is 12.1. The van der Waals surface area contributed by atoms with E-state index in [-0.39, 0.29) is 22.3 Å². The van der Waals surface area contributed by atoms with Crippen molar-refractivity contribution in [3.8, 4) is 0 Å². The molecule has 116 valence electrons. The van der Waals surface area contributed by atoms with Gasteiger partial charge in [-0.25, -0.2) is 0 Å². The number of likely N-dealkylation sites (N-methyl/N-ethyl adjacent to an activating group) is 1. The van der Waals surface area contributed by atoms with Crippen LogP contribution in [0.25, 0.3) is 0 Å². The second-order valence-corrected chi connectivity index (χ2v) is 5.47. The molecule has 0 bridgehead atoms. The third-order valence-electron chi connectivity index (χ3n) is 2.48. The second-order valence-electron chi connectivity index (χ2n) is 4.68. The fourth-order valence-electron chi connectivity index (χ4n) is 1.56. The van der Waals surface area contributed by atoms with E-state index in [2.05, 4.69) is 10.6 Å². The van der Waals surface area contributed by atoms with Gasteiger partial charge in [-0.3, -0.25) is 9.59 Å². The van der Waals surface area contributed by atoms with E-state index in [4.69, 9.17) is 23.2 Å². The minimum absolute atomic E-state index is 0.0201. The summed E-state index contributed by atoms with van der Waals surface area (Å²) in [5.74, 6) is -1.74. The fraction of sp³-hybridized carbons (Fsp3) is 0.385. The molecule has 0 fully saturated rings. The van der Waals surface area contributed by atoms with Gasteiger partial charge in [0.1, 0.15) is 0 Å². The number of rotatable bonds is 5. The van der Waals surface area contributed by atoms with E-state index in [0.29, 0.717) is 6.54 Å². The number of aliphatic hydroxyl groups excluding tert-OH is 1. The molecule has 1 rings (SSSR count). The average Bonchev–Trinajstić information content (AvgIpc) is 2.40. The Morgan fingerprint density at radius 2 is 1.95 bits per heavy atom. The summed E-state index contributed by atoms with van der Waals surface area (Å²) in [6, 6.07) is 4.69. The maximum absolute atomic E-state index is 11.7. The summed E-state index contributed by atoms with van der Waals surface area (Å²) >= 11 is 11.7. The number of hydrogen-bond acceptors (Lipinski definition) is 4. The number of nitrogens with one attached hydrogen (secondary N) is 2. The lowest BCUT2D eigenvalue weighted by Gasteiger charge is -2.16. The number of amides is 2. The van der Waals surface area contributed by atoms with Crippen LogP contribution >= 0.6 is 23.2 Å². The Kier molecular flexibility index (Phi) is 6.91. The van der Waals surface area contributed by atoms with Gasteiger partial charge in [-0.2, -0.15) is 0 Å². The summed E-state index contributed by atoms with van der Waals surface area (Å²) in [7, 11) is 3.58. The summed E-state index contributed by atoms with van der Waals surface area (Å²) < 4.78 is 0. The van der Waals surface area contributed by atoms with Crippen molar-refractivity contribution in [2.45, 2.75) is 6.10 Å². The zero-order valence-electron chi connectivity index (χ0n) is 11.7. The molecule has 0 heterocycles. The molecule has 1 atom stereocenters. The van der Waals surface area contributed by atoms with E-state index in [0.717, 1.165) is 0 Å². The smallest absolute Gasteiger partial charge is 0.313 e. The highest BCUT2D eigenvalue weighted by molar-refractivity contribution is 6.45. The molecular weight excluding hydrogens is 317 g/mol. The van der Waals surface area contributed by atoms with Crippen LogP contribution in [0, 0.1) is 0 Å². The van der Waals surface area contributed by atoms with Crippen LogP contribution in [0.3, 0.4) is 0 Å². The molecule has 1 unspecified atom stereocenters. The molecule has 6 nitrogen and oxygen atoms in total. The Hall–Kier alpha value is -1.34. The predicted octanol–water partition coefficient (Wildman–Crippen LogP) is 0.971. The molecule has 3 N–H and O–H groups in total. The van der Waals surface area contributed by atoms with Gasteiger partial charge in [0.15, 0.2) is 0 Å². The van der Waals surface area contributed by atoms with Gasteiger partial charge in [0.05, 0.1) is 21.8 Å². The lowest BCUT2D eigenvalue weighted by Crippen LogP contribution is -2.42. The molecule has 0 aliphatic carbocycles. The van der Waals surface area contributed by atoms with Crippen molar-refractivity contribution in [1.82, 2.24) is 10.2 Å². The fourth-order valence-corrected chi connectivity index (χ4v) is 1.90. The first-order valence-electron chi connectivity index (χ1n) is 6.17. The number of benzene rings is 1. The molecule has 0 saturated carbocycles. The molecule has 0 saturated heterocycles. The van der Waals surface area contributed by atoms with Crippen molar-refractivity contribution >= 4 is 40.7 Å². The quantitative estimate of drug-likeness (QED) is 0.701. The van der Waals surface area contributed by atoms with Crippen LogP contribution in [0.15, 0.2) is 18.2 Å². The molecular formula is C13H17Cl2N3O3. The third-order valence-corrected chi connectivity index (χ3v) is 3.30. The van der Waals surface area contributed by atoms with Gasteiger partial charge in [0, 0.05) is 13.1 Å². The highest BCUT2D eigenvalue weighted by Gasteiger charge is 2.17. The molecule has 0 aromatic heterocycles. The Morgan fingerprint density at radius 3 is 2.57 bits per heavy atom. The van der Waals surface area contributed by atoms with Crippen LogP contribution in [0.4, 0.5) is 5.69 Å². The summed E-state index contributed by atoms with van der Waals surface area (Å²) in [6.45, 7) is 0.357. The Morgan fingerprint density at radius 1 is 1.29 bits per heavy atom. The monoisotopic (exact) mass is 333 g/mol. The van der Waals surface area contributed by atoms with E-state index in [1.54, 1.807) is 31.1 Å². The standard InChI is InChI=1S/C13H17Cl2N3O3/c1-18(2)7-8(19)6-16-12(20)13(21)17-10-5-3-4-9(14)11(10)15/h3-5,8,19H,6-7H2,1-2H3,(H,16,20)(H,17,21). The van der Waals surface area contributed by atoms with Gasteiger partial charge >= 0.3 is 11.8 Å². The first-order chi connectivity index (χ1) is 9.81. The van der Waals surface area contributed by atoms with Crippen LogP contribution in [0.1, 0.15) is 0 Å². The van der Waals surface area contributed by atoms with Crippen molar-refractivity contribution in [2.24, 2.45) is 0 Å². The Bertz CT molecular complexity index is 523. The van der Waals surface area contributed by atoms with Crippen LogP contribution in [0.2, 0.25) is 10.0 Å². The molecule has 1 aromatic rings. The molecule has 2 amide bonds. The SMILES string of the molecule is CN(C)CC(O)CNC(=O)C(=O)Nc1cccc(Cl)c1Cl. The van der Waals surface area contributed by atoms with E-state index in [1.165, 1.54) is 6.07 Å². The predicted molar refractivity (Wildman–Crippen MR) is 82.7 cm³/mol. The number of carbonyl (C=O) groups is 2. The number of aliphatic hydroxyl groups is 1. The first-order valence-corrected chi connectivity index (χ1v) is 6.93. The molecule has 0 aliphatic heterocycles. The van der Waals surface area contributed by atoms with Crippen LogP contribution in [0.5, 0.6) is 0 Å². The van der Waals surface area contributed by atoms with Gasteiger partial charge < -0.3 is 20.6 Å². The van der Waals surface area contributed by atoms with Crippen LogP contribution < -0.4 is 10.6 Å². The molecule has 8 heteroatoms. The minimum atomic E-state index is -0.879. The zero-order chi connectivity index (χ0) is 16.0. The Labute approximate surface area is 133 Å². The topological polar surface area (TPSA) is 81.7 Å². The van der Waals surface area contributed by atoms with Gasteiger partial charge in [0.25, 0.3) is 0 Å². The number of anilines is 1. The second kappa shape index (κ2) is 8.19. The van der Waals surface area contributed by atoms with Crippen molar-refractivity contribution in [3.05, 3.63) is 28.2 Å². The van der Waals surface area contributed by atoms with Crippen molar-refractivity contribution in [3.63, 3.8) is 0 Å². The van der Waals surface area contributed by atoms with Crippen molar-refractivity contribution in [1.29, 1.82) is 0 Å². The minimum Gasteiger partial charge on any atom is -0.390 e. The molecule has 0 spiro atoms. The number of nitrogens with zero attached hydrogens (tertiary/aromatic N) is 1. The van der Waals surface area contributed by atoms with Crippen molar-refractivity contribution < 1.29 is 14.7 Å². The van der Waals surface area contributed by atoms with Gasteiger partial charge in [-0.1, -0.05) is 29.3 Å². The number of hydrogen-bond donors (Lipinski definition) is 3. The third kappa shape index (κ3) is 5.89. The highest BCUT2D eigenvalue weighted by atomic mass is 35.5. The number of carbonyl (C=O) groups excluding carboxylic acids is 2. The maximum atomic E-state index is 11.7. The largest absolute Gasteiger partial charge is 0.390 e. The highest BCUT2D eigenvalue weighted by Crippen LogP contribution is 2.29.